The number of hydrogen-bond acceptors (Lipinski definition) is 2. The minimum atomic E-state index is -4.32. The lowest BCUT2D eigenvalue weighted by Gasteiger charge is -2.22. The van der Waals surface area contributed by atoms with Crippen LogP contribution in [0.2, 0.25) is 0 Å². The number of alkyl halides is 4. The van der Waals surface area contributed by atoms with Crippen LogP contribution in [0, 0.1) is 0 Å². The lowest BCUT2D eigenvalue weighted by molar-refractivity contribution is -0.137. The second kappa shape index (κ2) is 6.97. The van der Waals surface area contributed by atoms with Crippen LogP contribution >= 0.6 is 15.9 Å². The number of halogens is 4. The smallest absolute Gasteiger partial charge is 0.356 e. The SMILES string of the molecule is CCCCN(CCBr)c1ccc(C(F)(F)F)cn1. The molecule has 0 atom stereocenters. The third kappa shape index (κ3) is 4.48. The first-order chi connectivity index (χ1) is 8.49. The number of aromatic nitrogens is 1. The maximum absolute atomic E-state index is 12.4. The van der Waals surface area contributed by atoms with E-state index in [1.165, 1.54) is 6.07 Å². The fourth-order valence-electron chi connectivity index (χ4n) is 1.53. The summed E-state index contributed by atoms with van der Waals surface area (Å²) in [6, 6.07) is 2.51. The lowest BCUT2D eigenvalue weighted by Crippen LogP contribution is -2.27. The van der Waals surface area contributed by atoms with Crippen LogP contribution in [0.25, 0.3) is 0 Å². The van der Waals surface area contributed by atoms with Crippen molar-refractivity contribution in [1.29, 1.82) is 0 Å². The second-order valence-electron chi connectivity index (χ2n) is 3.93. The summed E-state index contributed by atoms with van der Waals surface area (Å²) in [4.78, 5) is 5.89. The molecule has 1 aromatic heterocycles. The second-order valence-corrected chi connectivity index (χ2v) is 4.73. The molecular formula is C12H16BrF3N2. The zero-order valence-corrected chi connectivity index (χ0v) is 11.8. The topological polar surface area (TPSA) is 16.1 Å². The normalized spacial score (nSPS) is 11.6. The summed E-state index contributed by atoms with van der Waals surface area (Å²) < 4.78 is 37.2. The van der Waals surface area contributed by atoms with Gasteiger partial charge in [0, 0.05) is 24.6 Å². The highest BCUT2D eigenvalue weighted by molar-refractivity contribution is 9.09. The molecule has 0 radical (unpaired) electrons. The van der Waals surface area contributed by atoms with Gasteiger partial charge in [-0.1, -0.05) is 29.3 Å². The molecule has 0 saturated carbocycles. The Labute approximate surface area is 113 Å². The molecule has 0 aliphatic heterocycles. The molecule has 18 heavy (non-hydrogen) atoms. The summed E-state index contributed by atoms with van der Waals surface area (Å²) in [5.74, 6) is 0.593. The lowest BCUT2D eigenvalue weighted by atomic mass is 10.2. The molecular weight excluding hydrogens is 309 g/mol. The molecule has 2 nitrogen and oxygen atoms in total. The van der Waals surface area contributed by atoms with E-state index >= 15 is 0 Å². The number of nitrogens with zero attached hydrogens (tertiary/aromatic N) is 2. The molecule has 0 aliphatic carbocycles. The van der Waals surface area contributed by atoms with Gasteiger partial charge >= 0.3 is 6.18 Å². The highest BCUT2D eigenvalue weighted by Crippen LogP contribution is 2.29. The Morgan fingerprint density at radius 2 is 2.00 bits per heavy atom. The molecule has 0 unspecified atom stereocenters. The van der Waals surface area contributed by atoms with E-state index in [0.717, 1.165) is 43.5 Å². The van der Waals surface area contributed by atoms with Crippen LogP contribution in [0.4, 0.5) is 19.0 Å². The summed E-state index contributed by atoms with van der Waals surface area (Å²) in [6.45, 7) is 3.62. The van der Waals surface area contributed by atoms with Crippen LogP contribution in [-0.4, -0.2) is 23.4 Å². The zero-order chi connectivity index (χ0) is 13.6. The molecule has 1 heterocycles. The third-order valence-electron chi connectivity index (χ3n) is 2.54. The van der Waals surface area contributed by atoms with Crippen molar-refractivity contribution in [2.75, 3.05) is 23.3 Å². The van der Waals surface area contributed by atoms with Crippen molar-refractivity contribution in [2.24, 2.45) is 0 Å². The summed E-state index contributed by atoms with van der Waals surface area (Å²) in [7, 11) is 0. The quantitative estimate of drug-likeness (QED) is 0.732. The summed E-state index contributed by atoms with van der Waals surface area (Å²) >= 11 is 3.34. The largest absolute Gasteiger partial charge is 0.417 e. The molecule has 0 aliphatic rings. The van der Waals surface area contributed by atoms with Crippen LogP contribution in [0.3, 0.4) is 0 Å². The van der Waals surface area contributed by atoms with Gasteiger partial charge in [0.25, 0.3) is 0 Å². The van der Waals surface area contributed by atoms with Crippen LogP contribution in [0.5, 0.6) is 0 Å². The molecule has 1 aromatic rings. The van der Waals surface area contributed by atoms with Gasteiger partial charge < -0.3 is 4.90 Å². The van der Waals surface area contributed by atoms with Crippen molar-refractivity contribution >= 4 is 21.7 Å². The van der Waals surface area contributed by atoms with Crippen molar-refractivity contribution in [2.45, 2.75) is 25.9 Å². The van der Waals surface area contributed by atoms with E-state index in [-0.39, 0.29) is 0 Å². The third-order valence-corrected chi connectivity index (χ3v) is 2.89. The minimum absolute atomic E-state index is 0.593. The van der Waals surface area contributed by atoms with Gasteiger partial charge in [0.15, 0.2) is 0 Å². The van der Waals surface area contributed by atoms with Gasteiger partial charge in [-0.15, -0.1) is 0 Å². The number of pyridine rings is 1. The number of anilines is 1. The molecule has 6 heteroatoms. The molecule has 0 bridgehead atoms. The predicted molar refractivity (Wildman–Crippen MR) is 70.2 cm³/mol. The van der Waals surface area contributed by atoms with Crippen molar-refractivity contribution < 1.29 is 13.2 Å². The van der Waals surface area contributed by atoms with Crippen molar-refractivity contribution in [3.8, 4) is 0 Å². The Kier molecular flexibility index (Phi) is 5.91. The summed E-state index contributed by atoms with van der Waals surface area (Å²) in [6.07, 6.45) is -1.40. The Balaban J connectivity index is 2.79. The van der Waals surface area contributed by atoms with Gasteiger partial charge in [0.1, 0.15) is 5.82 Å². The van der Waals surface area contributed by atoms with Crippen molar-refractivity contribution in [3.05, 3.63) is 23.9 Å². The van der Waals surface area contributed by atoms with Gasteiger partial charge in [-0.25, -0.2) is 4.98 Å². The average molecular weight is 325 g/mol. The molecule has 102 valence electrons. The van der Waals surface area contributed by atoms with E-state index in [9.17, 15) is 13.2 Å². The fourth-order valence-corrected chi connectivity index (χ4v) is 1.96. The number of unbranched alkanes of at least 4 members (excludes halogenated alkanes) is 1. The van der Waals surface area contributed by atoms with Gasteiger partial charge in [0.05, 0.1) is 5.56 Å². The Hall–Kier alpha value is -0.780. The van der Waals surface area contributed by atoms with Crippen molar-refractivity contribution in [3.63, 3.8) is 0 Å². The Bertz CT molecular complexity index is 351. The number of rotatable bonds is 6. The van der Waals surface area contributed by atoms with Gasteiger partial charge in [0.2, 0.25) is 0 Å². The van der Waals surface area contributed by atoms with Crippen LogP contribution in [0.15, 0.2) is 18.3 Å². The molecule has 0 amide bonds. The van der Waals surface area contributed by atoms with Gasteiger partial charge in [-0.05, 0) is 18.6 Å². The maximum atomic E-state index is 12.4. The molecule has 0 spiro atoms. The highest BCUT2D eigenvalue weighted by Gasteiger charge is 2.30. The van der Waals surface area contributed by atoms with Crippen LogP contribution in [-0.2, 0) is 6.18 Å². The van der Waals surface area contributed by atoms with E-state index in [1.807, 2.05) is 4.90 Å². The predicted octanol–water partition coefficient (Wildman–Crippen LogP) is 4.10. The monoisotopic (exact) mass is 324 g/mol. The molecule has 0 aromatic carbocycles. The van der Waals surface area contributed by atoms with E-state index in [4.69, 9.17) is 0 Å². The van der Waals surface area contributed by atoms with E-state index in [2.05, 4.69) is 27.8 Å². The van der Waals surface area contributed by atoms with Gasteiger partial charge in [-0.2, -0.15) is 13.2 Å². The minimum Gasteiger partial charge on any atom is -0.356 e. The van der Waals surface area contributed by atoms with Crippen molar-refractivity contribution in [1.82, 2.24) is 4.98 Å². The first-order valence-corrected chi connectivity index (χ1v) is 6.95. The molecule has 1 rings (SSSR count). The van der Waals surface area contributed by atoms with E-state index in [0.29, 0.717) is 5.82 Å². The zero-order valence-electron chi connectivity index (χ0n) is 10.2. The average Bonchev–Trinajstić information content (AvgIpc) is 2.33. The highest BCUT2D eigenvalue weighted by atomic mass is 79.9. The molecule has 0 saturated heterocycles. The van der Waals surface area contributed by atoms with Gasteiger partial charge in [-0.3, -0.25) is 0 Å². The van der Waals surface area contributed by atoms with Crippen LogP contribution in [0.1, 0.15) is 25.3 Å². The Morgan fingerprint density at radius 3 is 2.44 bits per heavy atom. The van der Waals surface area contributed by atoms with E-state index < -0.39 is 11.7 Å². The maximum Gasteiger partial charge on any atom is 0.417 e. The fraction of sp³-hybridized carbons (Fsp3) is 0.583. The first-order valence-electron chi connectivity index (χ1n) is 5.83. The standard InChI is InChI=1S/C12H16BrF3N2/c1-2-3-7-18(8-6-13)11-5-4-10(9-17-11)12(14,15)16/h4-5,9H,2-3,6-8H2,1H3. The van der Waals surface area contributed by atoms with E-state index in [1.54, 1.807) is 0 Å². The molecule has 0 fully saturated rings. The summed E-state index contributed by atoms with van der Waals surface area (Å²) in [5.41, 5.74) is -0.708. The van der Waals surface area contributed by atoms with Crippen LogP contribution < -0.4 is 4.90 Å². The molecule has 0 N–H and O–H groups in total. The number of hydrogen-bond donors (Lipinski definition) is 0. The Morgan fingerprint density at radius 1 is 1.28 bits per heavy atom. The summed E-state index contributed by atoms with van der Waals surface area (Å²) in [5, 5.41) is 0.763. The first kappa shape index (κ1) is 15.3.